The molecule has 22 heavy (non-hydrogen) atoms. The molecule has 0 fully saturated rings. The third kappa shape index (κ3) is 4.24. The third-order valence-electron chi connectivity index (χ3n) is 3.42. The molecule has 2 aromatic rings. The van der Waals surface area contributed by atoms with Gasteiger partial charge in [0.2, 0.25) is 0 Å². The number of hydrogen-bond donors (Lipinski definition) is 1. The Morgan fingerprint density at radius 3 is 2.82 bits per heavy atom. The molecule has 0 radical (unpaired) electrons. The fourth-order valence-electron chi connectivity index (χ4n) is 2.29. The van der Waals surface area contributed by atoms with Gasteiger partial charge in [-0.1, -0.05) is 17.7 Å². The Labute approximate surface area is 136 Å². The highest BCUT2D eigenvalue weighted by atomic mass is 35.5. The summed E-state index contributed by atoms with van der Waals surface area (Å²) in [6, 6.07) is 7.97. The molecule has 0 aliphatic rings. The predicted octanol–water partition coefficient (Wildman–Crippen LogP) is 2.59. The molecule has 0 atom stereocenters. The first-order valence-electron chi connectivity index (χ1n) is 7.14. The summed E-state index contributed by atoms with van der Waals surface area (Å²) < 4.78 is 2.02. The summed E-state index contributed by atoms with van der Waals surface area (Å²) in [6.45, 7) is 3.36. The van der Waals surface area contributed by atoms with E-state index in [2.05, 4.69) is 20.2 Å². The van der Waals surface area contributed by atoms with E-state index in [1.807, 2.05) is 56.0 Å². The molecule has 118 valence electrons. The molecule has 0 bridgehead atoms. The van der Waals surface area contributed by atoms with Crippen molar-refractivity contribution in [1.29, 1.82) is 0 Å². The zero-order valence-electron chi connectivity index (χ0n) is 13.5. The number of hydrogen-bond acceptors (Lipinski definition) is 2. The molecule has 6 heteroatoms. The lowest BCUT2D eigenvalue weighted by Gasteiger charge is -2.22. The maximum absolute atomic E-state index is 6.03. The first-order valence-corrected chi connectivity index (χ1v) is 7.52. The number of nitrogens with zero attached hydrogens (tertiary/aromatic N) is 4. The van der Waals surface area contributed by atoms with Crippen LogP contribution in [-0.4, -0.2) is 34.5 Å². The van der Waals surface area contributed by atoms with Gasteiger partial charge in [-0.25, -0.2) is 0 Å². The van der Waals surface area contributed by atoms with Crippen molar-refractivity contribution in [2.75, 3.05) is 14.1 Å². The van der Waals surface area contributed by atoms with Gasteiger partial charge in [-0.05, 0) is 25.1 Å². The molecule has 2 aromatic heterocycles. The van der Waals surface area contributed by atoms with E-state index in [1.54, 1.807) is 7.05 Å². The van der Waals surface area contributed by atoms with E-state index in [9.17, 15) is 0 Å². The molecule has 0 unspecified atom stereocenters. The fraction of sp³-hybridized carbons (Fsp3) is 0.375. The summed E-state index contributed by atoms with van der Waals surface area (Å²) in [5, 5.41) is 4.08. The van der Waals surface area contributed by atoms with Gasteiger partial charge in [-0.15, -0.1) is 0 Å². The van der Waals surface area contributed by atoms with Gasteiger partial charge in [0, 0.05) is 38.7 Å². The molecule has 1 N–H and O–H groups in total. The Bertz CT molecular complexity index is 662. The van der Waals surface area contributed by atoms with Crippen molar-refractivity contribution in [2.24, 2.45) is 12.0 Å². The second-order valence-electron chi connectivity index (χ2n) is 5.29. The fourth-order valence-corrected chi connectivity index (χ4v) is 2.57. The van der Waals surface area contributed by atoms with Crippen LogP contribution in [0.3, 0.4) is 0 Å². The van der Waals surface area contributed by atoms with Gasteiger partial charge >= 0.3 is 0 Å². The van der Waals surface area contributed by atoms with Crippen LogP contribution in [0, 0.1) is 6.92 Å². The molecule has 2 heterocycles. The van der Waals surface area contributed by atoms with E-state index >= 15 is 0 Å². The Hall–Kier alpha value is -2.01. The molecular weight excluding hydrogens is 298 g/mol. The standard InChI is InChI=1S/C16H22ClN5/c1-12-6-5-7-14(20-12)9-19-16(18-2)22(4)11-15-8-13(17)10-21(15)3/h5-8,10H,9,11H2,1-4H3,(H,18,19). The van der Waals surface area contributed by atoms with E-state index in [0.717, 1.165) is 34.6 Å². The molecule has 0 aromatic carbocycles. The highest BCUT2D eigenvalue weighted by Gasteiger charge is 2.10. The van der Waals surface area contributed by atoms with E-state index in [-0.39, 0.29) is 0 Å². The molecule has 0 amide bonds. The molecule has 0 saturated heterocycles. The summed E-state index contributed by atoms with van der Waals surface area (Å²) >= 11 is 6.03. The van der Waals surface area contributed by atoms with Crippen LogP contribution < -0.4 is 5.32 Å². The van der Waals surface area contributed by atoms with Crippen LogP contribution >= 0.6 is 11.6 Å². The molecule has 0 aliphatic carbocycles. The zero-order chi connectivity index (χ0) is 16.1. The summed E-state index contributed by atoms with van der Waals surface area (Å²) in [7, 11) is 5.77. The topological polar surface area (TPSA) is 45.5 Å². The minimum absolute atomic E-state index is 0.645. The summed E-state index contributed by atoms with van der Waals surface area (Å²) in [5.41, 5.74) is 3.14. The Kier molecular flexibility index (Phi) is 5.44. The van der Waals surface area contributed by atoms with Crippen LogP contribution in [-0.2, 0) is 20.1 Å². The van der Waals surface area contributed by atoms with Crippen LogP contribution in [0.5, 0.6) is 0 Å². The van der Waals surface area contributed by atoms with Crippen LogP contribution in [0.1, 0.15) is 17.1 Å². The number of aryl methyl sites for hydroxylation is 2. The number of halogens is 1. The Balaban J connectivity index is 1.97. The van der Waals surface area contributed by atoms with E-state index < -0.39 is 0 Å². The minimum atomic E-state index is 0.645. The second-order valence-corrected chi connectivity index (χ2v) is 5.72. The van der Waals surface area contributed by atoms with Crippen LogP contribution in [0.4, 0.5) is 0 Å². The average Bonchev–Trinajstić information content (AvgIpc) is 2.77. The smallest absolute Gasteiger partial charge is 0.194 e. The average molecular weight is 320 g/mol. The maximum Gasteiger partial charge on any atom is 0.194 e. The van der Waals surface area contributed by atoms with Gasteiger partial charge < -0.3 is 14.8 Å². The minimum Gasteiger partial charge on any atom is -0.351 e. The van der Waals surface area contributed by atoms with Gasteiger partial charge in [0.15, 0.2) is 5.96 Å². The van der Waals surface area contributed by atoms with Gasteiger partial charge in [-0.3, -0.25) is 9.98 Å². The lowest BCUT2D eigenvalue weighted by Crippen LogP contribution is -2.38. The lowest BCUT2D eigenvalue weighted by molar-refractivity contribution is 0.461. The Morgan fingerprint density at radius 1 is 1.45 bits per heavy atom. The monoisotopic (exact) mass is 319 g/mol. The number of aliphatic imine (C=N–C) groups is 1. The van der Waals surface area contributed by atoms with Crippen molar-refractivity contribution in [3.8, 4) is 0 Å². The number of nitrogens with one attached hydrogen (secondary N) is 1. The Morgan fingerprint density at radius 2 is 2.23 bits per heavy atom. The SMILES string of the molecule is CN=C(NCc1cccc(C)n1)N(C)Cc1cc(Cl)cn1C. The van der Waals surface area contributed by atoms with Gasteiger partial charge in [-0.2, -0.15) is 0 Å². The largest absolute Gasteiger partial charge is 0.351 e. The summed E-state index contributed by atoms with van der Waals surface area (Å²) in [5.74, 6) is 0.820. The van der Waals surface area contributed by atoms with Crippen molar-refractivity contribution in [1.82, 2.24) is 19.8 Å². The normalized spacial score (nSPS) is 11.6. The molecule has 0 saturated carbocycles. The number of rotatable bonds is 4. The number of aromatic nitrogens is 2. The van der Waals surface area contributed by atoms with Crippen molar-refractivity contribution in [3.05, 3.63) is 52.6 Å². The van der Waals surface area contributed by atoms with E-state index in [4.69, 9.17) is 11.6 Å². The summed E-state index contributed by atoms with van der Waals surface area (Å²) in [6.07, 6.45) is 1.90. The van der Waals surface area contributed by atoms with E-state index in [0.29, 0.717) is 6.54 Å². The maximum atomic E-state index is 6.03. The molecular formula is C16H22ClN5. The van der Waals surface area contributed by atoms with Crippen molar-refractivity contribution in [2.45, 2.75) is 20.0 Å². The molecule has 0 aliphatic heterocycles. The van der Waals surface area contributed by atoms with Crippen LogP contribution in [0.25, 0.3) is 0 Å². The van der Waals surface area contributed by atoms with Crippen molar-refractivity contribution in [3.63, 3.8) is 0 Å². The van der Waals surface area contributed by atoms with Gasteiger partial charge in [0.1, 0.15) is 0 Å². The highest BCUT2D eigenvalue weighted by Crippen LogP contribution is 2.14. The highest BCUT2D eigenvalue weighted by molar-refractivity contribution is 6.30. The van der Waals surface area contributed by atoms with Gasteiger partial charge in [0.25, 0.3) is 0 Å². The van der Waals surface area contributed by atoms with Crippen molar-refractivity contribution >= 4 is 17.6 Å². The van der Waals surface area contributed by atoms with Crippen LogP contribution in [0.2, 0.25) is 5.02 Å². The van der Waals surface area contributed by atoms with Crippen LogP contribution in [0.15, 0.2) is 35.5 Å². The summed E-state index contributed by atoms with van der Waals surface area (Å²) in [4.78, 5) is 10.9. The second kappa shape index (κ2) is 7.31. The lowest BCUT2D eigenvalue weighted by atomic mass is 10.3. The van der Waals surface area contributed by atoms with Crippen molar-refractivity contribution < 1.29 is 0 Å². The molecule has 5 nitrogen and oxygen atoms in total. The predicted molar refractivity (Wildman–Crippen MR) is 91.1 cm³/mol. The number of pyridine rings is 1. The quantitative estimate of drug-likeness (QED) is 0.696. The first kappa shape index (κ1) is 16.4. The third-order valence-corrected chi connectivity index (χ3v) is 3.63. The first-order chi connectivity index (χ1) is 10.5. The van der Waals surface area contributed by atoms with E-state index in [1.165, 1.54) is 0 Å². The number of guanidine groups is 1. The zero-order valence-corrected chi connectivity index (χ0v) is 14.2. The molecule has 0 spiro atoms. The van der Waals surface area contributed by atoms with Gasteiger partial charge in [0.05, 0.1) is 23.8 Å². The molecule has 2 rings (SSSR count).